The molecule has 0 aliphatic heterocycles. The molecule has 0 saturated heterocycles. The molecular weight excluding hydrogens is 262 g/mol. The predicted octanol–water partition coefficient (Wildman–Crippen LogP) is 2.77. The van der Waals surface area contributed by atoms with Crippen LogP contribution in [0.5, 0.6) is 0 Å². The molecule has 1 N–H and O–H groups in total. The largest absolute Gasteiger partial charge is 0.377 e. The molecule has 2 rings (SSSR count). The van der Waals surface area contributed by atoms with Gasteiger partial charge in [0.25, 0.3) is 0 Å². The third kappa shape index (κ3) is 3.10. The molecule has 0 aliphatic carbocycles. The van der Waals surface area contributed by atoms with Crippen molar-refractivity contribution in [1.29, 1.82) is 0 Å². The van der Waals surface area contributed by atoms with Crippen molar-refractivity contribution >= 4 is 18.1 Å². The highest BCUT2D eigenvalue weighted by Gasteiger charge is 2.08. The Morgan fingerprint density at radius 1 is 1.05 bits per heavy atom. The average Bonchev–Trinajstić information content (AvgIpc) is 2.90. The molecule has 0 saturated carbocycles. The maximum absolute atomic E-state index is 4.35. The Morgan fingerprint density at radius 3 is 2.26 bits per heavy atom. The lowest BCUT2D eigenvalue weighted by Crippen LogP contribution is -2.09. The monoisotopic (exact) mass is 283 g/mol. The molecule has 0 aliphatic rings. The zero-order chi connectivity index (χ0) is 13.1. The first kappa shape index (κ1) is 15.6. The second-order valence-corrected chi connectivity index (χ2v) is 4.40. The van der Waals surface area contributed by atoms with Crippen molar-refractivity contribution in [3.63, 3.8) is 0 Å². The van der Waals surface area contributed by atoms with Crippen LogP contribution in [0.2, 0.25) is 0 Å². The molecule has 19 heavy (non-hydrogen) atoms. The van der Waals surface area contributed by atoms with Gasteiger partial charge in [0.1, 0.15) is 0 Å². The van der Waals surface area contributed by atoms with Gasteiger partial charge < -0.3 is 5.32 Å². The van der Waals surface area contributed by atoms with Crippen LogP contribution in [0.25, 0.3) is 0 Å². The minimum Gasteiger partial charge on any atom is -0.377 e. The summed E-state index contributed by atoms with van der Waals surface area (Å²) in [6, 6.07) is 0. The van der Waals surface area contributed by atoms with Gasteiger partial charge in [0.05, 0.1) is 36.0 Å². The van der Waals surface area contributed by atoms with E-state index in [0.29, 0.717) is 0 Å². The zero-order valence-electron chi connectivity index (χ0n) is 12.0. The normalized spacial score (nSPS) is 10.3. The van der Waals surface area contributed by atoms with Crippen LogP contribution in [0.1, 0.15) is 30.8 Å². The molecule has 0 aromatic carbocycles. The highest BCUT2D eigenvalue weighted by atomic mass is 35.5. The van der Waals surface area contributed by atoms with Gasteiger partial charge in [-0.2, -0.15) is 10.2 Å². The number of rotatable bonds is 5. The summed E-state index contributed by atoms with van der Waals surface area (Å²) in [6.07, 6.45) is 3.81. The summed E-state index contributed by atoms with van der Waals surface area (Å²) in [6.45, 7) is 11.0. The minimum atomic E-state index is 0. The zero-order valence-corrected chi connectivity index (χ0v) is 12.8. The molecule has 2 heterocycles. The molecule has 5 nitrogen and oxygen atoms in total. The van der Waals surface area contributed by atoms with Gasteiger partial charge in [-0.05, 0) is 33.3 Å². The lowest BCUT2D eigenvalue weighted by Gasteiger charge is -2.09. The minimum absolute atomic E-state index is 0. The van der Waals surface area contributed by atoms with E-state index in [2.05, 4.69) is 43.2 Å². The molecule has 0 radical (unpaired) electrons. The Bertz CT molecular complexity index is 529. The van der Waals surface area contributed by atoms with Gasteiger partial charge in [0.15, 0.2) is 0 Å². The van der Waals surface area contributed by atoms with Crippen molar-refractivity contribution in [2.24, 2.45) is 0 Å². The molecule has 0 fully saturated rings. The maximum Gasteiger partial charge on any atom is 0.0759 e. The second kappa shape index (κ2) is 6.61. The fraction of sp³-hybridized carbons (Fsp3) is 0.538. The van der Waals surface area contributed by atoms with Crippen LogP contribution in [0, 0.1) is 13.8 Å². The number of hydrogen-bond acceptors (Lipinski definition) is 3. The summed E-state index contributed by atoms with van der Waals surface area (Å²) in [5.74, 6) is 0. The summed E-state index contributed by atoms with van der Waals surface area (Å²) in [4.78, 5) is 0. The van der Waals surface area contributed by atoms with Crippen LogP contribution < -0.4 is 5.32 Å². The molecule has 0 atom stereocenters. The molecule has 6 heteroatoms. The molecule has 0 unspecified atom stereocenters. The fourth-order valence-corrected chi connectivity index (χ4v) is 2.13. The molecule has 0 spiro atoms. The Labute approximate surface area is 120 Å². The van der Waals surface area contributed by atoms with Crippen molar-refractivity contribution in [2.45, 2.75) is 47.3 Å². The molecule has 2 aromatic heterocycles. The summed E-state index contributed by atoms with van der Waals surface area (Å²) >= 11 is 0. The summed E-state index contributed by atoms with van der Waals surface area (Å²) in [5.41, 5.74) is 4.74. The lowest BCUT2D eigenvalue weighted by atomic mass is 10.2. The van der Waals surface area contributed by atoms with E-state index in [9.17, 15) is 0 Å². The number of hydrogen-bond donors (Lipinski definition) is 1. The molecule has 2 aromatic rings. The third-order valence-electron chi connectivity index (χ3n) is 3.31. The number of nitrogens with zero attached hydrogens (tertiary/aromatic N) is 4. The van der Waals surface area contributed by atoms with E-state index >= 15 is 0 Å². The number of aromatic nitrogens is 4. The smallest absolute Gasteiger partial charge is 0.0759 e. The van der Waals surface area contributed by atoms with Gasteiger partial charge in [-0.1, -0.05) is 0 Å². The Kier molecular flexibility index (Phi) is 5.42. The predicted molar refractivity (Wildman–Crippen MR) is 79.9 cm³/mol. The Balaban J connectivity index is 0.00000180. The fourth-order valence-electron chi connectivity index (χ4n) is 2.13. The van der Waals surface area contributed by atoms with Crippen molar-refractivity contribution < 1.29 is 0 Å². The Morgan fingerprint density at radius 2 is 1.68 bits per heavy atom. The van der Waals surface area contributed by atoms with Gasteiger partial charge in [-0.15, -0.1) is 12.4 Å². The van der Waals surface area contributed by atoms with Crippen molar-refractivity contribution in [2.75, 3.05) is 5.32 Å². The molecule has 0 bridgehead atoms. The van der Waals surface area contributed by atoms with E-state index in [-0.39, 0.29) is 12.4 Å². The van der Waals surface area contributed by atoms with E-state index in [0.717, 1.165) is 25.3 Å². The standard InChI is InChI=1S/C13H21N5.ClH/c1-5-17-11(4)12(8-16-17)14-9-13-10(3)7-15-18(13)6-2;/h7-8,14H,5-6,9H2,1-4H3;1H. The van der Waals surface area contributed by atoms with Gasteiger partial charge in [-0.25, -0.2) is 0 Å². The van der Waals surface area contributed by atoms with Gasteiger partial charge >= 0.3 is 0 Å². The Hall–Kier alpha value is -1.49. The lowest BCUT2D eigenvalue weighted by molar-refractivity contribution is 0.626. The van der Waals surface area contributed by atoms with Gasteiger partial charge in [0, 0.05) is 13.1 Å². The first-order valence-corrected chi connectivity index (χ1v) is 6.44. The van der Waals surface area contributed by atoms with E-state index in [1.54, 1.807) is 0 Å². The molecule has 0 amide bonds. The van der Waals surface area contributed by atoms with E-state index in [1.807, 2.05) is 21.8 Å². The third-order valence-corrected chi connectivity index (χ3v) is 3.31. The first-order valence-electron chi connectivity index (χ1n) is 6.44. The highest BCUT2D eigenvalue weighted by molar-refractivity contribution is 5.85. The van der Waals surface area contributed by atoms with Crippen LogP contribution in [0.15, 0.2) is 12.4 Å². The quantitative estimate of drug-likeness (QED) is 0.918. The van der Waals surface area contributed by atoms with Crippen molar-refractivity contribution in [3.8, 4) is 0 Å². The van der Waals surface area contributed by atoms with E-state index in [4.69, 9.17) is 0 Å². The highest BCUT2D eigenvalue weighted by Crippen LogP contribution is 2.16. The van der Waals surface area contributed by atoms with Crippen LogP contribution in [0.3, 0.4) is 0 Å². The molecule has 106 valence electrons. The van der Waals surface area contributed by atoms with Crippen molar-refractivity contribution in [1.82, 2.24) is 19.6 Å². The topological polar surface area (TPSA) is 47.7 Å². The van der Waals surface area contributed by atoms with E-state index in [1.165, 1.54) is 17.0 Å². The van der Waals surface area contributed by atoms with Crippen molar-refractivity contribution in [3.05, 3.63) is 29.3 Å². The van der Waals surface area contributed by atoms with E-state index < -0.39 is 0 Å². The first-order chi connectivity index (χ1) is 8.67. The summed E-state index contributed by atoms with van der Waals surface area (Å²) in [5, 5.41) is 12.1. The van der Waals surface area contributed by atoms with Crippen LogP contribution in [-0.4, -0.2) is 19.6 Å². The number of anilines is 1. The van der Waals surface area contributed by atoms with Gasteiger partial charge in [0.2, 0.25) is 0 Å². The average molecular weight is 284 g/mol. The number of nitrogens with one attached hydrogen (secondary N) is 1. The number of halogens is 1. The number of aryl methyl sites for hydroxylation is 3. The second-order valence-electron chi connectivity index (χ2n) is 4.40. The van der Waals surface area contributed by atoms with Crippen LogP contribution >= 0.6 is 12.4 Å². The van der Waals surface area contributed by atoms with Gasteiger partial charge in [-0.3, -0.25) is 9.36 Å². The SMILES string of the molecule is CCn1ncc(NCc2c(C)cnn2CC)c1C.Cl. The van der Waals surface area contributed by atoms with Crippen LogP contribution in [0.4, 0.5) is 5.69 Å². The summed E-state index contributed by atoms with van der Waals surface area (Å²) in [7, 11) is 0. The molecular formula is C13H22ClN5. The maximum atomic E-state index is 4.35. The summed E-state index contributed by atoms with van der Waals surface area (Å²) < 4.78 is 4.02. The van der Waals surface area contributed by atoms with Crippen LogP contribution in [-0.2, 0) is 19.6 Å².